The highest BCUT2D eigenvalue weighted by atomic mass is 16.7. The number of hydrogen-bond acceptors (Lipinski definition) is 5. The Balaban J connectivity index is 1.71. The van der Waals surface area contributed by atoms with Crippen molar-refractivity contribution < 1.29 is 14.3 Å². The Morgan fingerprint density at radius 2 is 2.17 bits per heavy atom. The number of aromatic nitrogens is 1. The minimum absolute atomic E-state index is 0.160. The van der Waals surface area contributed by atoms with Crippen LogP contribution in [-0.2, 0) is 7.05 Å². The number of fused-ring (bicyclic) bond motifs is 1. The molecule has 0 aliphatic carbocycles. The molecule has 1 aliphatic rings. The fraction of sp³-hybridized carbons (Fsp3) is 0.188. The molecule has 0 saturated heterocycles. The van der Waals surface area contributed by atoms with Crippen LogP contribution in [0.25, 0.3) is 0 Å². The Morgan fingerprint density at radius 3 is 2.91 bits per heavy atom. The number of amides is 1. The number of benzene rings is 1. The molecule has 2 heterocycles. The first-order valence-corrected chi connectivity index (χ1v) is 6.89. The summed E-state index contributed by atoms with van der Waals surface area (Å²) in [7, 11) is 1.80. The Kier molecular flexibility index (Phi) is 3.73. The fourth-order valence-electron chi connectivity index (χ4n) is 2.22. The van der Waals surface area contributed by atoms with Gasteiger partial charge in [0.05, 0.1) is 6.21 Å². The van der Waals surface area contributed by atoms with Gasteiger partial charge in [0.1, 0.15) is 11.8 Å². The molecule has 1 N–H and O–H groups in total. The number of hydrogen-bond donors (Lipinski definition) is 1. The third kappa shape index (κ3) is 2.74. The summed E-state index contributed by atoms with van der Waals surface area (Å²) in [5, 5.41) is 12.9. The molecule has 1 aromatic heterocycles. The second-order valence-corrected chi connectivity index (χ2v) is 5.01. The highest BCUT2D eigenvalue weighted by molar-refractivity contribution is 5.95. The van der Waals surface area contributed by atoms with Gasteiger partial charge < -0.3 is 14.0 Å². The minimum atomic E-state index is -0.353. The third-order valence-electron chi connectivity index (χ3n) is 3.69. The van der Waals surface area contributed by atoms with Crippen molar-refractivity contribution in [3.05, 3.63) is 46.8 Å². The maximum absolute atomic E-state index is 12.1. The van der Waals surface area contributed by atoms with E-state index in [1.54, 1.807) is 35.9 Å². The molecular formula is C16H14N4O3. The molecule has 1 amide bonds. The average Bonchev–Trinajstić information content (AvgIpc) is 3.13. The first-order chi connectivity index (χ1) is 11.1. The monoisotopic (exact) mass is 310 g/mol. The van der Waals surface area contributed by atoms with Gasteiger partial charge in [-0.1, -0.05) is 0 Å². The van der Waals surface area contributed by atoms with Crippen LogP contribution in [0, 0.1) is 18.3 Å². The van der Waals surface area contributed by atoms with Crippen molar-refractivity contribution in [1.82, 2.24) is 9.99 Å². The number of nitrogens with one attached hydrogen (secondary N) is 1. The van der Waals surface area contributed by atoms with Crippen LogP contribution in [-0.4, -0.2) is 23.5 Å². The Bertz CT molecular complexity index is 846. The van der Waals surface area contributed by atoms with E-state index in [4.69, 9.17) is 14.7 Å². The van der Waals surface area contributed by atoms with E-state index in [1.807, 2.05) is 6.92 Å². The van der Waals surface area contributed by atoms with Crippen LogP contribution >= 0.6 is 0 Å². The second kappa shape index (κ2) is 5.85. The number of nitrogens with zero attached hydrogens (tertiary/aromatic N) is 3. The van der Waals surface area contributed by atoms with Crippen LogP contribution in [0.1, 0.15) is 27.3 Å². The summed E-state index contributed by atoms with van der Waals surface area (Å²) >= 11 is 0. The Morgan fingerprint density at radius 1 is 1.39 bits per heavy atom. The first-order valence-electron chi connectivity index (χ1n) is 6.89. The van der Waals surface area contributed by atoms with Crippen molar-refractivity contribution in [2.24, 2.45) is 12.1 Å². The van der Waals surface area contributed by atoms with Gasteiger partial charge in [0.15, 0.2) is 11.5 Å². The van der Waals surface area contributed by atoms with Crippen molar-refractivity contribution in [2.75, 3.05) is 6.79 Å². The average molecular weight is 310 g/mol. The molecule has 23 heavy (non-hydrogen) atoms. The van der Waals surface area contributed by atoms with Crippen molar-refractivity contribution >= 4 is 12.1 Å². The van der Waals surface area contributed by atoms with Gasteiger partial charge in [-0.15, -0.1) is 0 Å². The van der Waals surface area contributed by atoms with Crippen LogP contribution in [0.15, 0.2) is 29.4 Å². The zero-order chi connectivity index (χ0) is 16.4. The van der Waals surface area contributed by atoms with E-state index in [1.165, 1.54) is 6.21 Å². The van der Waals surface area contributed by atoms with E-state index in [9.17, 15) is 4.79 Å². The number of carbonyl (C=O) groups is 1. The summed E-state index contributed by atoms with van der Waals surface area (Å²) in [6.45, 7) is 2.04. The number of ether oxygens (including phenoxy) is 2. The quantitative estimate of drug-likeness (QED) is 0.690. The van der Waals surface area contributed by atoms with Crippen LogP contribution in [0.3, 0.4) is 0 Å². The number of carbonyl (C=O) groups excluding carboxylic acids is 1. The van der Waals surface area contributed by atoms with Gasteiger partial charge in [0.2, 0.25) is 6.79 Å². The van der Waals surface area contributed by atoms with Crippen molar-refractivity contribution in [1.29, 1.82) is 5.26 Å². The topological polar surface area (TPSA) is 88.6 Å². The summed E-state index contributed by atoms with van der Waals surface area (Å²) in [5.74, 6) is 0.807. The largest absolute Gasteiger partial charge is 0.454 e. The molecule has 0 bridgehead atoms. The van der Waals surface area contributed by atoms with E-state index in [2.05, 4.69) is 16.6 Å². The molecule has 7 heteroatoms. The molecule has 116 valence electrons. The predicted octanol–water partition coefficient (Wildman–Crippen LogP) is 1.70. The zero-order valence-electron chi connectivity index (χ0n) is 12.7. The molecule has 1 aliphatic heterocycles. The van der Waals surface area contributed by atoms with E-state index < -0.39 is 0 Å². The molecule has 3 rings (SSSR count). The Hall–Kier alpha value is -3.27. The van der Waals surface area contributed by atoms with Gasteiger partial charge in [-0.2, -0.15) is 10.4 Å². The summed E-state index contributed by atoms with van der Waals surface area (Å²) in [5.41, 5.74) is 5.08. The number of rotatable bonds is 3. The smallest absolute Gasteiger partial charge is 0.271 e. The molecule has 0 unspecified atom stereocenters. The van der Waals surface area contributed by atoms with Crippen LogP contribution in [0.5, 0.6) is 11.5 Å². The molecule has 0 radical (unpaired) electrons. The molecule has 7 nitrogen and oxygen atoms in total. The van der Waals surface area contributed by atoms with Gasteiger partial charge in [-0.05, 0) is 31.2 Å². The fourth-order valence-corrected chi connectivity index (χ4v) is 2.22. The van der Waals surface area contributed by atoms with Gasteiger partial charge in [-0.3, -0.25) is 4.79 Å². The summed E-state index contributed by atoms with van der Waals surface area (Å²) in [4.78, 5) is 12.1. The molecule has 0 saturated carbocycles. The summed E-state index contributed by atoms with van der Waals surface area (Å²) in [6.07, 6.45) is 1.51. The van der Waals surface area contributed by atoms with Crippen LogP contribution in [0.2, 0.25) is 0 Å². The second-order valence-electron chi connectivity index (χ2n) is 5.01. The van der Waals surface area contributed by atoms with Crippen molar-refractivity contribution in [3.63, 3.8) is 0 Å². The van der Waals surface area contributed by atoms with Crippen LogP contribution in [0.4, 0.5) is 0 Å². The molecular weight excluding hydrogens is 296 g/mol. The number of hydrazone groups is 1. The van der Waals surface area contributed by atoms with E-state index in [0.717, 1.165) is 11.3 Å². The maximum atomic E-state index is 12.1. The third-order valence-corrected chi connectivity index (χ3v) is 3.69. The molecule has 0 atom stereocenters. The lowest BCUT2D eigenvalue weighted by Crippen LogP contribution is -2.17. The lowest BCUT2D eigenvalue weighted by atomic mass is 10.2. The lowest BCUT2D eigenvalue weighted by molar-refractivity contribution is 0.0954. The molecule has 1 aromatic carbocycles. The van der Waals surface area contributed by atoms with Gasteiger partial charge in [0.25, 0.3) is 5.91 Å². The van der Waals surface area contributed by atoms with E-state index >= 15 is 0 Å². The van der Waals surface area contributed by atoms with Gasteiger partial charge in [-0.25, -0.2) is 5.43 Å². The Labute approximate surface area is 132 Å². The van der Waals surface area contributed by atoms with Gasteiger partial charge in [0, 0.05) is 23.9 Å². The maximum Gasteiger partial charge on any atom is 0.271 e. The highest BCUT2D eigenvalue weighted by Gasteiger charge is 2.16. The van der Waals surface area contributed by atoms with Gasteiger partial charge >= 0.3 is 0 Å². The van der Waals surface area contributed by atoms with E-state index in [0.29, 0.717) is 22.8 Å². The summed E-state index contributed by atoms with van der Waals surface area (Å²) in [6, 6.07) is 8.73. The molecule has 2 aromatic rings. The van der Waals surface area contributed by atoms with Crippen molar-refractivity contribution in [2.45, 2.75) is 6.92 Å². The molecule has 0 spiro atoms. The summed E-state index contributed by atoms with van der Waals surface area (Å²) < 4.78 is 12.2. The normalized spacial score (nSPS) is 12.4. The van der Waals surface area contributed by atoms with Crippen molar-refractivity contribution in [3.8, 4) is 17.6 Å². The highest BCUT2D eigenvalue weighted by Crippen LogP contribution is 2.32. The first kappa shape index (κ1) is 14.7. The SMILES string of the molecule is Cc1c(/C=N\NC(=O)c2ccc3c(c2)OCO3)cc(C#N)n1C. The van der Waals surface area contributed by atoms with E-state index in [-0.39, 0.29) is 12.7 Å². The van der Waals surface area contributed by atoms with Crippen LogP contribution < -0.4 is 14.9 Å². The number of nitriles is 1. The standard InChI is InChI=1S/C16H14N4O3/c1-10-12(5-13(7-17)20(10)2)8-18-19-16(21)11-3-4-14-15(6-11)23-9-22-14/h3-6,8H,9H2,1-2H3,(H,19,21)/b18-8-. The molecule has 0 fully saturated rings. The minimum Gasteiger partial charge on any atom is -0.454 e. The zero-order valence-corrected chi connectivity index (χ0v) is 12.7. The lowest BCUT2D eigenvalue weighted by Gasteiger charge is -2.01. The predicted molar refractivity (Wildman–Crippen MR) is 82.5 cm³/mol.